The predicted octanol–water partition coefficient (Wildman–Crippen LogP) is 2.12. The summed E-state index contributed by atoms with van der Waals surface area (Å²) in [7, 11) is 1.81. The zero-order valence-electron chi connectivity index (χ0n) is 13.1. The van der Waals surface area contributed by atoms with E-state index in [1.54, 1.807) is 12.4 Å². The summed E-state index contributed by atoms with van der Waals surface area (Å²) in [5.41, 5.74) is 1.42. The first-order valence-electron chi connectivity index (χ1n) is 7.86. The minimum Gasteiger partial charge on any atom is -0.387 e. The summed E-state index contributed by atoms with van der Waals surface area (Å²) in [5.74, 6) is -0.0563. The highest BCUT2D eigenvalue weighted by Gasteiger charge is 2.17. The summed E-state index contributed by atoms with van der Waals surface area (Å²) in [5, 5.41) is 6.00. The number of hydrogen-bond donors (Lipinski definition) is 2. The van der Waals surface area contributed by atoms with E-state index in [1.165, 1.54) is 25.8 Å². The number of nitrogens with zero attached hydrogens (tertiary/aromatic N) is 2. The van der Waals surface area contributed by atoms with Crippen molar-refractivity contribution in [1.82, 2.24) is 15.2 Å². The lowest BCUT2D eigenvalue weighted by atomic mass is 10.0. The Bertz CT molecular complexity index is 463. The Kier molecular flexibility index (Phi) is 5.99. The van der Waals surface area contributed by atoms with Crippen LogP contribution in [0.5, 0.6) is 0 Å². The third kappa shape index (κ3) is 4.43. The molecule has 0 aromatic carbocycles. The third-order valence-corrected chi connectivity index (χ3v) is 4.18. The number of carbonyl (C=O) groups excluding carboxylic acids is 1. The molecule has 1 unspecified atom stereocenters. The summed E-state index contributed by atoms with van der Waals surface area (Å²) >= 11 is 0. The fourth-order valence-electron chi connectivity index (χ4n) is 2.86. The zero-order chi connectivity index (χ0) is 15.1. The van der Waals surface area contributed by atoms with Gasteiger partial charge in [0.2, 0.25) is 0 Å². The molecule has 1 aliphatic heterocycles. The number of pyridine rings is 1. The van der Waals surface area contributed by atoms with Gasteiger partial charge in [0.15, 0.2) is 0 Å². The van der Waals surface area contributed by atoms with Crippen LogP contribution in [0.2, 0.25) is 0 Å². The summed E-state index contributed by atoms with van der Waals surface area (Å²) in [6.07, 6.45) is 8.23. The van der Waals surface area contributed by atoms with Gasteiger partial charge in [-0.15, -0.1) is 0 Å². The van der Waals surface area contributed by atoms with Crippen LogP contribution in [0.3, 0.4) is 0 Å². The van der Waals surface area contributed by atoms with Crippen LogP contribution in [0.4, 0.5) is 5.69 Å². The number of nitrogens with one attached hydrogen (secondary N) is 2. The summed E-state index contributed by atoms with van der Waals surface area (Å²) in [6, 6.07) is 2.49. The average molecular weight is 290 g/mol. The van der Waals surface area contributed by atoms with E-state index >= 15 is 0 Å². The first-order chi connectivity index (χ1) is 10.2. The molecule has 1 atom stereocenters. The van der Waals surface area contributed by atoms with Gasteiger partial charge in [0, 0.05) is 44.3 Å². The summed E-state index contributed by atoms with van der Waals surface area (Å²) in [6.45, 7) is 5.27. The lowest BCUT2D eigenvalue weighted by molar-refractivity contribution is 0.0949. The van der Waals surface area contributed by atoms with Gasteiger partial charge in [0.05, 0.1) is 5.56 Å². The quantitative estimate of drug-likeness (QED) is 0.788. The van der Waals surface area contributed by atoms with Gasteiger partial charge in [-0.05, 0) is 38.8 Å². The zero-order valence-corrected chi connectivity index (χ0v) is 13.1. The molecule has 1 amide bonds. The molecule has 5 nitrogen and oxygen atoms in total. The first-order valence-corrected chi connectivity index (χ1v) is 7.86. The summed E-state index contributed by atoms with van der Waals surface area (Å²) < 4.78 is 0. The Morgan fingerprint density at radius 1 is 1.48 bits per heavy atom. The van der Waals surface area contributed by atoms with Gasteiger partial charge in [-0.25, -0.2) is 0 Å². The third-order valence-electron chi connectivity index (χ3n) is 4.18. The fourth-order valence-corrected chi connectivity index (χ4v) is 2.86. The van der Waals surface area contributed by atoms with Gasteiger partial charge in [-0.2, -0.15) is 0 Å². The number of likely N-dealkylation sites (tertiary alicyclic amines) is 1. The Morgan fingerprint density at radius 3 is 3.10 bits per heavy atom. The van der Waals surface area contributed by atoms with Crippen molar-refractivity contribution in [1.29, 1.82) is 0 Å². The number of rotatable bonds is 6. The highest BCUT2D eigenvalue weighted by Crippen LogP contribution is 2.16. The highest BCUT2D eigenvalue weighted by molar-refractivity contribution is 5.99. The van der Waals surface area contributed by atoms with Crippen molar-refractivity contribution >= 4 is 11.6 Å². The second-order valence-electron chi connectivity index (χ2n) is 5.66. The minimum atomic E-state index is -0.0563. The molecular weight excluding hydrogens is 264 g/mol. The van der Waals surface area contributed by atoms with Crippen molar-refractivity contribution in [3.8, 4) is 0 Å². The molecule has 1 aliphatic rings. The Labute approximate surface area is 127 Å². The molecule has 1 aromatic heterocycles. The Balaban J connectivity index is 1.74. The second kappa shape index (κ2) is 7.98. The lowest BCUT2D eigenvalue weighted by Gasteiger charge is -2.33. The average Bonchev–Trinajstić information content (AvgIpc) is 2.52. The molecule has 21 heavy (non-hydrogen) atoms. The molecule has 116 valence electrons. The second-order valence-corrected chi connectivity index (χ2v) is 5.66. The van der Waals surface area contributed by atoms with E-state index in [1.807, 2.05) is 13.1 Å². The van der Waals surface area contributed by atoms with Crippen molar-refractivity contribution in [3.63, 3.8) is 0 Å². The van der Waals surface area contributed by atoms with E-state index in [9.17, 15) is 4.79 Å². The number of carbonyl (C=O) groups is 1. The number of hydrogen-bond acceptors (Lipinski definition) is 4. The monoisotopic (exact) mass is 290 g/mol. The molecule has 0 saturated carbocycles. The van der Waals surface area contributed by atoms with Gasteiger partial charge in [-0.3, -0.25) is 9.78 Å². The largest absolute Gasteiger partial charge is 0.387 e. The molecule has 2 N–H and O–H groups in total. The van der Waals surface area contributed by atoms with E-state index in [4.69, 9.17) is 0 Å². The highest BCUT2D eigenvalue weighted by atomic mass is 16.1. The summed E-state index contributed by atoms with van der Waals surface area (Å²) in [4.78, 5) is 18.7. The smallest absolute Gasteiger partial charge is 0.254 e. The van der Waals surface area contributed by atoms with Gasteiger partial charge in [0.25, 0.3) is 5.91 Å². The van der Waals surface area contributed by atoms with E-state index in [0.717, 1.165) is 18.7 Å². The maximum Gasteiger partial charge on any atom is 0.254 e. The van der Waals surface area contributed by atoms with E-state index in [-0.39, 0.29) is 5.91 Å². The topological polar surface area (TPSA) is 57.3 Å². The number of amides is 1. The van der Waals surface area contributed by atoms with E-state index in [2.05, 4.69) is 27.4 Å². The van der Waals surface area contributed by atoms with Gasteiger partial charge in [0.1, 0.15) is 0 Å². The van der Waals surface area contributed by atoms with Crippen LogP contribution in [0.15, 0.2) is 18.5 Å². The van der Waals surface area contributed by atoms with Crippen molar-refractivity contribution in [2.75, 3.05) is 32.0 Å². The van der Waals surface area contributed by atoms with Crippen molar-refractivity contribution in [2.24, 2.45) is 0 Å². The van der Waals surface area contributed by atoms with E-state index < -0.39 is 0 Å². The Morgan fingerprint density at radius 2 is 2.33 bits per heavy atom. The molecule has 0 spiro atoms. The van der Waals surface area contributed by atoms with Crippen LogP contribution in [0.25, 0.3) is 0 Å². The van der Waals surface area contributed by atoms with E-state index in [0.29, 0.717) is 18.2 Å². The van der Waals surface area contributed by atoms with Crippen LogP contribution in [0, 0.1) is 0 Å². The SMILES string of the molecule is CNc1ccncc1C(=O)NCCCN1CCCCC1C. The molecule has 1 aromatic rings. The minimum absolute atomic E-state index is 0.0563. The van der Waals surface area contributed by atoms with Gasteiger partial charge < -0.3 is 15.5 Å². The van der Waals surface area contributed by atoms with Crippen LogP contribution >= 0.6 is 0 Å². The number of piperidine rings is 1. The molecule has 2 heterocycles. The molecular formula is C16H26N4O. The molecule has 0 radical (unpaired) electrons. The fraction of sp³-hybridized carbons (Fsp3) is 0.625. The van der Waals surface area contributed by atoms with Crippen LogP contribution in [0.1, 0.15) is 43.0 Å². The van der Waals surface area contributed by atoms with Gasteiger partial charge >= 0.3 is 0 Å². The normalized spacial score (nSPS) is 19.2. The molecule has 5 heteroatoms. The number of aromatic nitrogens is 1. The standard InChI is InChI=1S/C16H26N4O/c1-13-6-3-4-10-20(13)11-5-8-19-16(21)14-12-18-9-7-15(14)17-2/h7,9,12-13H,3-6,8,10-11H2,1-2H3,(H,17,18)(H,19,21). The molecule has 0 aliphatic carbocycles. The number of anilines is 1. The lowest BCUT2D eigenvalue weighted by Crippen LogP contribution is -2.39. The van der Waals surface area contributed by atoms with Crippen LogP contribution in [-0.2, 0) is 0 Å². The van der Waals surface area contributed by atoms with Gasteiger partial charge in [-0.1, -0.05) is 6.42 Å². The van der Waals surface area contributed by atoms with Crippen molar-refractivity contribution in [2.45, 2.75) is 38.6 Å². The van der Waals surface area contributed by atoms with Crippen molar-refractivity contribution in [3.05, 3.63) is 24.0 Å². The van der Waals surface area contributed by atoms with Crippen LogP contribution in [-0.4, -0.2) is 48.5 Å². The molecule has 1 saturated heterocycles. The van der Waals surface area contributed by atoms with Crippen LogP contribution < -0.4 is 10.6 Å². The maximum absolute atomic E-state index is 12.1. The van der Waals surface area contributed by atoms with Crippen molar-refractivity contribution < 1.29 is 4.79 Å². The molecule has 0 bridgehead atoms. The molecule has 1 fully saturated rings. The first kappa shape index (κ1) is 15.8. The predicted molar refractivity (Wildman–Crippen MR) is 85.6 cm³/mol. The molecule has 2 rings (SSSR count). The maximum atomic E-state index is 12.1. The Hall–Kier alpha value is -1.62.